The Morgan fingerprint density at radius 1 is 1.19 bits per heavy atom. The minimum Gasteiger partial charge on any atom is -0.490 e. The van der Waals surface area contributed by atoms with E-state index >= 15 is 0 Å². The van der Waals surface area contributed by atoms with E-state index in [1.54, 1.807) is 31.3 Å². The largest absolute Gasteiger partial charge is 0.490 e. The van der Waals surface area contributed by atoms with E-state index in [2.05, 4.69) is 20.6 Å². The maximum Gasteiger partial charge on any atom is 0.387 e. The van der Waals surface area contributed by atoms with Gasteiger partial charge >= 0.3 is 6.61 Å². The predicted molar refractivity (Wildman–Crippen MR) is 130 cm³/mol. The number of hydrogen-bond acceptors (Lipinski definition) is 5. The molecule has 0 aliphatic rings. The number of halogens is 3. The van der Waals surface area contributed by atoms with Crippen LogP contribution >= 0.6 is 24.0 Å². The van der Waals surface area contributed by atoms with E-state index in [1.165, 1.54) is 0 Å². The van der Waals surface area contributed by atoms with Crippen LogP contribution in [0, 0.1) is 0 Å². The predicted octanol–water partition coefficient (Wildman–Crippen LogP) is 4.02. The Labute approximate surface area is 199 Å². The summed E-state index contributed by atoms with van der Waals surface area (Å²) in [5.74, 6) is 1.72. The summed E-state index contributed by atoms with van der Waals surface area (Å²) in [5.41, 5.74) is 1.55. The van der Waals surface area contributed by atoms with E-state index in [0.717, 1.165) is 11.4 Å². The molecule has 0 amide bonds. The summed E-state index contributed by atoms with van der Waals surface area (Å²) in [6.07, 6.45) is 1.74. The molecule has 0 fully saturated rings. The van der Waals surface area contributed by atoms with Crippen molar-refractivity contribution < 1.29 is 18.3 Å². The van der Waals surface area contributed by atoms with Gasteiger partial charge in [-0.2, -0.15) is 8.78 Å². The van der Waals surface area contributed by atoms with Gasteiger partial charge in [-0.1, -0.05) is 12.1 Å². The number of pyridine rings is 1. The quantitative estimate of drug-likeness (QED) is 0.265. The van der Waals surface area contributed by atoms with Crippen LogP contribution in [0.4, 0.5) is 14.6 Å². The molecule has 0 saturated carbocycles. The number of ether oxygens (including phenoxy) is 2. The van der Waals surface area contributed by atoms with Crippen molar-refractivity contribution in [2.75, 3.05) is 32.1 Å². The van der Waals surface area contributed by atoms with Gasteiger partial charge in [0.2, 0.25) is 0 Å². The van der Waals surface area contributed by atoms with Gasteiger partial charge in [0.1, 0.15) is 5.82 Å². The fraction of sp³-hybridized carbons (Fsp3) is 0.429. The van der Waals surface area contributed by atoms with Crippen molar-refractivity contribution in [1.29, 1.82) is 0 Å². The number of anilines is 1. The molecule has 0 aliphatic heterocycles. The highest BCUT2D eigenvalue weighted by atomic mass is 127. The second-order valence-electron chi connectivity index (χ2n) is 6.52. The number of benzene rings is 1. The molecule has 2 N–H and O–H groups in total. The van der Waals surface area contributed by atoms with Gasteiger partial charge in [-0.15, -0.1) is 24.0 Å². The van der Waals surface area contributed by atoms with E-state index < -0.39 is 6.61 Å². The smallest absolute Gasteiger partial charge is 0.387 e. The third-order valence-corrected chi connectivity index (χ3v) is 4.05. The SMILES string of the molecule is CCNC(=NCc1ccnc(N(C)C)c1)NCc1cccc(OCC)c1OC(F)F.I. The number of rotatable bonds is 10. The lowest BCUT2D eigenvalue weighted by Crippen LogP contribution is -2.37. The van der Waals surface area contributed by atoms with Crippen LogP contribution in [0.2, 0.25) is 0 Å². The lowest BCUT2D eigenvalue weighted by atomic mass is 10.2. The highest BCUT2D eigenvalue weighted by molar-refractivity contribution is 14.0. The van der Waals surface area contributed by atoms with Crippen molar-refractivity contribution in [3.05, 3.63) is 47.7 Å². The van der Waals surface area contributed by atoms with Crippen molar-refractivity contribution in [2.45, 2.75) is 33.5 Å². The first kappa shape index (κ1) is 26.7. The Hall–Kier alpha value is -2.37. The average Bonchev–Trinajstić information content (AvgIpc) is 2.72. The van der Waals surface area contributed by atoms with E-state index in [9.17, 15) is 8.78 Å². The summed E-state index contributed by atoms with van der Waals surface area (Å²) < 4.78 is 35.9. The number of nitrogens with one attached hydrogen (secondary N) is 2. The molecule has 0 bridgehead atoms. The highest BCUT2D eigenvalue weighted by Gasteiger charge is 2.16. The van der Waals surface area contributed by atoms with Crippen LogP contribution in [0.3, 0.4) is 0 Å². The summed E-state index contributed by atoms with van der Waals surface area (Å²) in [7, 11) is 3.85. The van der Waals surface area contributed by atoms with E-state index in [-0.39, 0.29) is 42.0 Å². The van der Waals surface area contributed by atoms with Gasteiger partial charge < -0.3 is 25.0 Å². The molecule has 2 rings (SSSR count). The topological polar surface area (TPSA) is 71.0 Å². The summed E-state index contributed by atoms with van der Waals surface area (Å²) >= 11 is 0. The molecule has 2 aromatic rings. The number of aliphatic imine (C=N–C) groups is 1. The fourth-order valence-corrected chi connectivity index (χ4v) is 2.69. The first-order chi connectivity index (χ1) is 14.4. The monoisotopic (exact) mass is 549 g/mol. The Morgan fingerprint density at radius 3 is 2.61 bits per heavy atom. The maximum atomic E-state index is 12.9. The molecule has 0 atom stereocenters. The van der Waals surface area contributed by atoms with Crippen LogP contribution in [0.1, 0.15) is 25.0 Å². The zero-order valence-corrected chi connectivity index (χ0v) is 20.5. The number of nitrogens with zero attached hydrogens (tertiary/aromatic N) is 3. The highest BCUT2D eigenvalue weighted by Crippen LogP contribution is 2.32. The average molecular weight is 549 g/mol. The standard InChI is InChI=1S/C21H29F2N5O2.HI/c1-5-24-21(26-13-15-10-11-25-18(12-15)28(3)4)27-14-16-8-7-9-17(29-6-2)19(16)30-20(22)23;/h7-12,20H,5-6,13-14H2,1-4H3,(H2,24,26,27);1H. The van der Waals surface area contributed by atoms with Crippen LogP contribution in [0.5, 0.6) is 11.5 Å². The van der Waals surface area contributed by atoms with Crippen molar-refractivity contribution in [2.24, 2.45) is 4.99 Å². The molecule has 0 spiro atoms. The number of aromatic nitrogens is 1. The maximum absolute atomic E-state index is 12.9. The lowest BCUT2D eigenvalue weighted by molar-refractivity contribution is -0.0520. The molecule has 1 aromatic carbocycles. The summed E-state index contributed by atoms with van der Waals surface area (Å²) in [5, 5.41) is 6.31. The molecule has 172 valence electrons. The van der Waals surface area contributed by atoms with Gasteiger partial charge in [0.15, 0.2) is 17.5 Å². The first-order valence-corrected chi connectivity index (χ1v) is 9.78. The molecule has 1 aromatic heterocycles. The third kappa shape index (κ3) is 8.72. The number of hydrogen-bond donors (Lipinski definition) is 2. The minimum absolute atomic E-state index is 0. The number of alkyl halides is 2. The molecular formula is C21H30F2IN5O2. The molecule has 31 heavy (non-hydrogen) atoms. The van der Waals surface area contributed by atoms with Crippen LogP contribution in [0.15, 0.2) is 41.5 Å². The third-order valence-electron chi connectivity index (χ3n) is 4.05. The zero-order chi connectivity index (χ0) is 21.9. The Balaban J connectivity index is 0.00000480. The second-order valence-corrected chi connectivity index (χ2v) is 6.52. The zero-order valence-electron chi connectivity index (χ0n) is 18.2. The van der Waals surface area contributed by atoms with Gasteiger partial charge in [-0.05, 0) is 37.6 Å². The molecule has 0 radical (unpaired) electrons. The minimum atomic E-state index is -2.94. The second kappa shape index (κ2) is 13.8. The van der Waals surface area contributed by atoms with Gasteiger partial charge in [-0.3, -0.25) is 0 Å². The molecule has 0 aliphatic carbocycles. The van der Waals surface area contributed by atoms with Gasteiger partial charge in [0, 0.05) is 38.9 Å². The Bertz CT molecular complexity index is 837. The molecule has 0 unspecified atom stereocenters. The van der Waals surface area contributed by atoms with Crippen molar-refractivity contribution in [3.63, 3.8) is 0 Å². The van der Waals surface area contributed by atoms with Crippen molar-refractivity contribution >= 4 is 35.8 Å². The summed E-state index contributed by atoms with van der Waals surface area (Å²) in [4.78, 5) is 10.8. The van der Waals surface area contributed by atoms with Gasteiger partial charge in [-0.25, -0.2) is 9.98 Å². The molecule has 10 heteroatoms. The molecule has 1 heterocycles. The van der Waals surface area contributed by atoms with E-state index in [4.69, 9.17) is 9.47 Å². The van der Waals surface area contributed by atoms with Crippen LogP contribution in [-0.4, -0.2) is 44.8 Å². The van der Waals surface area contributed by atoms with Crippen molar-refractivity contribution in [1.82, 2.24) is 15.6 Å². The van der Waals surface area contributed by atoms with E-state index in [0.29, 0.717) is 31.2 Å². The van der Waals surface area contributed by atoms with Crippen LogP contribution in [0.25, 0.3) is 0 Å². The molecule has 0 saturated heterocycles. The Kier molecular flexibility index (Phi) is 11.9. The normalized spacial score (nSPS) is 11.0. The fourth-order valence-electron chi connectivity index (χ4n) is 2.69. The molecule has 7 nitrogen and oxygen atoms in total. The lowest BCUT2D eigenvalue weighted by Gasteiger charge is -2.17. The van der Waals surface area contributed by atoms with Gasteiger partial charge in [0.05, 0.1) is 13.2 Å². The molecular weight excluding hydrogens is 519 g/mol. The first-order valence-electron chi connectivity index (χ1n) is 9.78. The van der Waals surface area contributed by atoms with Crippen molar-refractivity contribution in [3.8, 4) is 11.5 Å². The summed E-state index contributed by atoms with van der Waals surface area (Å²) in [6, 6.07) is 8.93. The number of para-hydroxylation sites is 1. The van der Waals surface area contributed by atoms with E-state index in [1.807, 2.05) is 38.1 Å². The van der Waals surface area contributed by atoms with Gasteiger partial charge in [0.25, 0.3) is 0 Å². The van der Waals surface area contributed by atoms with Crippen LogP contribution in [-0.2, 0) is 13.1 Å². The Morgan fingerprint density at radius 2 is 1.97 bits per heavy atom. The van der Waals surface area contributed by atoms with Crippen LogP contribution < -0.4 is 25.0 Å². The number of guanidine groups is 1. The summed E-state index contributed by atoms with van der Waals surface area (Å²) in [6.45, 7) is 2.49.